The van der Waals surface area contributed by atoms with Crippen LogP contribution < -0.4 is 4.74 Å². The summed E-state index contributed by atoms with van der Waals surface area (Å²) in [7, 11) is 0. The van der Waals surface area contributed by atoms with Gasteiger partial charge in [-0.05, 0) is 31.0 Å². The van der Waals surface area contributed by atoms with Gasteiger partial charge in [0.25, 0.3) is 0 Å². The smallest absolute Gasteiger partial charge is 0.138 e. The van der Waals surface area contributed by atoms with Crippen LogP contribution in [0.5, 0.6) is 5.75 Å². The van der Waals surface area contributed by atoms with Crippen LogP contribution in [0.1, 0.15) is 39.2 Å². The molecule has 0 atom stereocenters. The fraction of sp³-hybridized carbons (Fsp3) is 0.533. The first-order valence-corrected chi connectivity index (χ1v) is 6.61. The molecule has 0 aliphatic rings. The number of hydrogen-bond acceptors (Lipinski definition) is 2. The second-order valence-electron chi connectivity index (χ2n) is 5.56. The van der Waals surface area contributed by atoms with Crippen molar-refractivity contribution < 1.29 is 9.53 Å². The van der Waals surface area contributed by atoms with E-state index in [0.29, 0.717) is 23.8 Å². The average Bonchev–Trinajstić information content (AvgIpc) is 2.25. The fourth-order valence-electron chi connectivity index (χ4n) is 1.51. The van der Waals surface area contributed by atoms with Gasteiger partial charge in [0.1, 0.15) is 11.5 Å². The molecule has 0 aliphatic heterocycles. The molecule has 1 rings (SSSR count). The third-order valence-corrected chi connectivity index (χ3v) is 3.03. The molecule has 0 bridgehead atoms. The molecule has 18 heavy (non-hydrogen) atoms. The van der Waals surface area contributed by atoms with Crippen molar-refractivity contribution in [2.24, 2.45) is 5.41 Å². The topological polar surface area (TPSA) is 26.3 Å². The van der Waals surface area contributed by atoms with E-state index in [1.165, 1.54) is 0 Å². The molecule has 0 radical (unpaired) electrons. The summed E-state index contributed by atoms with van der Waals surface area (Å²) in [6.07, 6.45) is 1.27. The maximum atomic E-state index is 11.7. The van der Waals surface area contributed by atoms with Crippen molar-refractivity contribution in [2.45, 2.75) is 40.5 Å². The Morgan fingerprint density at radius 1 is 1.33 bits per heavy atom. The monoisotopic (exact) mass is 268 g/mol. The van der Waals surface area contributed by atoms with Crippen LogP contribution in [0, 0.1) is 12.3 Å². The molecule has 0 saturated heterocycles. The molecule has 0 aromatic heterocycles. The van der Waals surface area contributed by atoms with Gasteiger partial charge < -0.3 is 4.74 Å². The molecule has 0 spiro atoms. The molecule has 1 aromatic carbocycles. The van der Waals surface area contributed by atoms with Gasteiger partial charge >= 0.3 is 0 Å². The second-order valence-corrected chi connectivity index (χ2v) is 5.97. The lowest BCUT2D eigenvalue weighted by atomic mass is 9.88. The van der Waals surface area contributed by atoms with Crippen LogP contribution in [-0.2, 0) is 4.79 Å². The van der Waals surface area contributed by atoms with Gasteiger partial charge in [0.2, 0.25) is 0 Å². The molecule has 0 fully saturated rings. The molecule has 0 heterocycles. The van der Waals surface area contributed by atoms with E-state index in [1.807, 2.05) is 45.9 Å². The normalized spacial score (nSPS) is 11.4. The standard InChI is InChI=1S/C15H21ClO2/c1-11-7-8-13(12(16)10-11)18-9-5-6-14(17)15(2,3)4/h7-8,10H,5-6,9H2,1-4H3. The first kappa shape index (κ1) is 15.0. The van der Waals surface area contributed by atoms with Crippen molar-refractivity contribution in [3.63, 3.8) is 0 Å². The lowest BCUT2D eigenvalue weighted by Gasteiger charge is -2.16. The van der Waals surface area contributed by atoms with Gasteiger partial charge in [-0.25, -0.2) is 0 Å². The van der Waals surface area contributed by atoms with E-state index in [2.05, 4.69) is 0 Å². The lowest BCUT2D eigenvalue weighted by molar-refractivity contribution is -0.126. The molecule has 0 unspecified atom stereocenters. The van der Waals surface area contributed by atoms with Crippen molar-refractivity contribution in [3.8, 4) is 5.75 Å². The third kappa shape index (κ3) is 4.69. The van der Waals surface area contributed by atoms with Crippen molar-refractivity contribution in [2.75, 3.05) is 6.61 Å². The Kier molecular flexibility index (Phi) is 5.21. The Bertz CT molecular complexity index is 419. The van der Waals surface area contributed by atoms with Crippen LogP contribution in [0.3, 0.4) is 0 Å². The van der Waals surface area contributed by atoms with E-state index in [0.717, 1.165) is 12.0 Å². The zero-order valence-electron chi connectivity index (χ0n) is 11.5. The number of rotatable bonds is 5. The number of ketones is 1. The fourth-order valence-corrected chi connectivity index (χ4v) is 1.80. The highest BCUT2D eigenvalue weighted by Gasteiger charge is 2.20. The molecular formula is C15H21ClO2. The van der Waals surface area contributed by atoms with E-state index < -0.39 is 0 Å². The summed E-state index contributed by atoms with van der Waals surface area (Å²) >= 11 is 6.05. The van der Waals surface area contributed by atoms with Gasteiger partial charge in [0.05, 0.1) is 11.6 Å². The molecule has 0 aliphatic carbocycles. The molecule has 0 N–H and O–H groups in total. The summed E-state index contributed by atoms with van der Waals surface area (Å²) < 4.78 is 5.57. The highest BCUT2D eigenvalue weighted by molar-refractivity contribution is 6.32. The van der Waals surface area contributed by atoms with Crippen LogP contribution in [-0.4, -0.2) is 12.4 Å². The molecule has 0 saturated carbocycles. The average molecular weight is 269 g/mol. The summed E-state index contributed by atoms with van der Waals surface area (Å²) in [5, 5.41) is 0.622. The van der Waals surface area contributed by atoms with E-state index in [9.17, 15) is 4.79 Å². The zero-order valence-corrected chi connectivity index (χ0v) is 12.3. The Labute approximate surface area is 114 Å². The van der Waals surface area contributed by atoms with Gasteiger partial charge in [0, 0.05) is 11.8 Å². The molecule has 100 valence electrons. The molecule has 3 heteroatoms. The second kappa shape index (κ2) is 6.24. The van der Waals surface area contributed by atoms with Crippen LogP contribution >= 0.6 is 11.6 Å². The number of Topliss-reactive ketones (excluding diaryl/α,β-unsaturated/α-hetero) is 1. The summed E-state index contributed by atoms with van der Waals surface area (Å²) in [6.45, 7) is 8.31. The minimum atomic E-state index is -0.262. The van der Waals surface area contributed by atoms with Crippen LogP contribution in [0.2, 0.25) is 5.02 Å². The summed E-state index contributed by atoms with van der Waals surface area (Å²) in [5.41, 5.74) is 0.844. The van der Waals surface area contributed by atoms with Gasteiger partial charge in [-0.1, -0.05) is 38.4 Å². The van der Waals surface area contributed by atoms with E-state index in [4.69, 9.17) is 16.3 Å². The van der Waals surface area contributed by atoms with Gasteiger partial charge in [0.15, 0.2) is 0 Å². The lowest BCUT2D eigenvalue weighted by Crippen LogP contribution is -2.20. The largest absolute Gasteiger partial charge is 0.492 e. The first-order valence-electron chi connectivity index (χ1n) is 6.23. The zero-order chi connectivity index (χ0) is 13.8. The number of ether oxygens (including phenoxy) is 1. The maximum Gasteiger partial charge on any atom is 0.138 e. The van der Waals surface area contributed by atoms with Crippen LogP contribution in [0.25, 0.3) is 0 Å². The molecule has 0 amide bonds. The first-order chi connectivity index (χ1) is 8.30. The number of benzene rings is 1. The van der Waals surface area contributed by atoms with E-state index in [1.54, 1.807) is 0 Å². The molecule has 2 nitrogen and oxygen atoms in total. The summed E-state index contributed by atoms with van der Waals surface area (Å²) in [5.74, 6) is 0.951. The Balaban J connectivity index is 2.36. The number of carbonyl (C=O) groups is 1. The van der Waals surface area contributed by atoms with Gasteiger partial charge in [-0.2, -0.15) is 0 Å². The summed E-state index contributed by atoms with van der Waals surface area (Å²) in [4.78, 5) is 11.7. The Morgan fingerprint density at radius 3 is 2.56 bits per heavy atom. The van der Waals surface area contributed by atoms with Gasteiger partial charge in [-0.15, -0.1) is 0 Å². The SMILES string of the molecule is Cc1ccc(OCCCC(=O)C(C)(C)C)c(Cl)c1. The minimum Gasteiger partial charge on any atom is -0.492 e. The van der Waals surface area contributed by atoms with Crippen LogP contribution in [0.15, 0.2) is 18.2 Å². The van der Waals surface area contributed by atoms with Crippen molar-refractivity contribution >= 4 is 17.4 Å². The quantitative estimate of drug-likeness (QED) is 0.739. The maximum absolute atomic E-state index is 11.7. The Hall–Kier alpha value is -1.02. The van der Waals surface area contributed by atoms with E-state index in [-0.39, 0.29) is 11.2 Å². The number of halogens is 1. The highest BCUT2D eigenvalue weighted by atomic mass is 35.5. The van der Waals surface area contributed by atoms with Crippen molar-refractivity contribution in [1.29, 1.82) is 0 Å². The number of carbonyl (C=O) groups excluding carboxylic acids is 1. The number of aryl methyl sites for hydroxylation is 1. The molecule has 1 aromatic rings. The highest BCUT2D eigenvalue weighted by Crippen LogP contribution is 2.25. The van der Waals surface area contributed by atoms with Crippen LogP contribution in [0.4, 0.5) is 0 Å². The predicted octanol–water partition coefficient (Wildman–Crippen LogP) is 4.42. The predicted molar refractivity (Wildman–Crippen MR) is 75.4 cm³/mol. The van der Waals surface area contributed by atoms with E-state index >= 15 is 0 Å². The van der Waals surface area contributed by atoms with Crippen molar-refractivity contribution in [1.82, 2.24) is 0 Å². The van der Waals surface area contributed by atoms with Crippen molar-refractivity contribution in [3.05, 3.63) is 28.8 Å². The minimum absolute atomic E-state index is 0.262. The Morgan fingerprint density at radius 2 is 2.00 bits per heavy atom. The van der Waals surface area contributed by atoms with Gasteiger partial charge in [-0.3, -0.25) is 4.79 Å². The summed E-state index contributed by atoms with van der Waals surface area (Å²) in [6, 6.07) is 5.70. The molecular weight excluding hydrogens is 248 g/mol. The third-order valence-electron chi connectivity index (χ3n) is 2.73. The number of hydrogen-bond donors (Lipinski definition) is 0.